The maximum absolute atomic E-state index is 13.1. The van der Waals surface area contributed by atoms with Gasteiger partial charge in [-0.1, -0.05) is 73.2 Å². The fourth-order valence-corrected chi connectivity index (χ4v) is 8.97. The number of benzene rings is 4. The second-order valence-electron chi connectivity index (χ2n) is 14.6. The minimum atomic E-state index is -0.164. The molecule has 1 atom stereocenters. The van der Waals surface area contributed by atoms with Crippen molar-refractivity contribution < 1.29 is 23.7 Å². The van der Waals surface area contributed by atoms with E-state index in [1.807, 2.05) is 18.2 Å². The van der Waals surface area contributed by atoms with Crippen molar-refractivity contribution in [3.63, 3.8) is 0 Å². The molecule has 4 aromatic rings. The van der Waals surface area contributed by atoms with Crippen LogP contribution >= 0.6 is 0 Å². The molecule has 1 aliphatic carbocycles. The zero-order chi connectivity index (χ0) is 36.4. The Hall–Kier alpha value is -4.49. The van der Waals surface area contributed by atoms with Gasteiger partial charge in [-0.25, -0.2) is 0 Å². The molecule has 6 rings (SSSR count). The Morgan fingerprint density at radius 2 is 1.33 bits per heavy atom. The second-order valence-corrected chi connectivity index (χ2v) is 14.6. The van der Waals surface area contributed by atoms with Crippen LogP contribution in [0.15, 0.2) is 91.0 Å². The van der Waals surface area contributed by atoms with Crippen LogP contribution in [0, 0.1) is 0 Å². The number of nitrogens with one attached hydrogen (secondary N) is 1. The molecule has 0 radical (unpaired) electrons. The topological polar surface area (TPSA) is 69.3 Å². The van der Waals surface area contributed by atoms with E-state index in [1.165, 1.54) is 47.9 Å². The average molecular weight is 705 g/mol. The van der Waals surface area contributed by atoms with Gasteiger partial charge in [-0.2, -0.15) is 0 Å². The van der Waals surface area contributed by atoms with Gasteiger partial charge in [-0.05, 0) is 123 Å². The Bertz CT molecular complexity index is 1720. The number of ether oxygens (including phenoxy) is 4. The minimum absolute atomic E-state index is 0.0118. The zero-order valence-corrected chi connectivity index (χ0v) is 31.5. The molecule has 7 heteroatoms. The molecule has 1 saturated heterocycles. The molecule has 4 aromatic carbocycles. The summed E-state index contributed by atoms with van der Waals surface area (Å²) in [5, 5.41) is 3.21. The molecular weight excluding hydrogens is 649 g/mol. The van der Waals surface area contributed by atoms with Crippen LogP contribution in [-0.2, 0) is 29.5 Å². The summed E-state index contributed by atoms with van der Waals surface area (Å²) >= 11 is 0. The summed E-state index contributed by atoms with van der Waals surface area (Å²) in [7, 11) is 6.68. The number of methoxy groups -OCH3 is 4. The molecule has 2 aliphatic rings. The van der Waals surface area contributed by atoms with Gasteiger partial charge in [0, 0.05) is 17.5 Å². The number of likely N-dealkylation sites (tertiary alicyclic amines) is 1. The van der Waals surface area contributed by atoms with Crippen LogP contribution in [-0.4, -0.2) is 64.4 Å². The van der Waals surface area contributed by atoms with Gasteiger partial charge >= 0.3 is 0 Å². The molecule has 1 aliphatic heterocycles. The van der Waals surface area contributed by atoms with Crippen molar-refractivity contribution in [1.29, 1.82) is 0 Å². The van der Waals surface area contributed by atoms with Gasteiger partial charge in [0.15, 0.2) is 23.0 Å². The fraction of sp³-hybridized carbons (Fsp3) is 0.444. The van der Waals surface area contributed by atoms with Crippen molar-refractivity contribution in [1.82, 2.24) is 10.2 Å². The third-order valence-corrected chi connectivity index (χ3v) is 11.7. The summed E-state index contributed by atoms with van der Waals surface area (Å²) in [6.45, 7) is 2.85. The molecule has 1 spiro atoms. The standard InChI is InChI=1S/C45H56N2O5/c1-49-39-20-19-34(29-40(39)50-2)30-43(48)46-26-13-23-45(37-15-7-5-8-16-37,38-17-9-6-10-18-38)24-14-28-47-27-12-11-22-44(47)25-21-35-31-41(51-3)42(52-4)32-36(35)33-44/h5-10,15-20,29,31-32H,11-14,21-28,30,33H2,1-4H3,(H,46,48). The van der Waals surface area contributed by atoms with Gasteiger partial charge in [0.05, 0.1) is 34.9 Å². The quantitative estimate of drug-likeness (QED) is 0.118. The molecular formula is C45H56N2O5. The maximum Gasteiger partial charge on any atom is 0.224 e. The lowest BCUT2D eigenvalue weighted by Crippen LogP contribution is -2.55. The van der Waals surface area contributed by atoms with E-state index in [0.717, 1.165) is 68.7 Å². The van der Waals surface area contributed by atoms with Gasteiger partial charge in [-0.3, -0.25) is 9.69 Å². The van der Waals surface area contributed by atoms with E-state index >= 15 is 0 Å². The van der Waals surface area contributed by atoms with E-state index in [2.05, 4.69) is 83.0 Å². The van der Waals surface area contributed by atoms with Crippen molar-refractivity contribution in [3.8, 4) is 23.0 Å². The monoisotopic (exact) mass is 704 g/mol. The normalized spacial score (nSPS) is 17.3. The molecule has 1 N–H and O–H groups in total. The molecule has 52 heavy (non-hydrogen) atoms. The summed E-state index contributed by atoms with van der Waals surface area (Å²) in [5.74, 6) is 2.96. The van der Waals surface area contributed by atoms with Crippen LogP contribution in [0.1, 0.15) is 79.2 Å². The highest BCUT2D eigenvalue weighted by molar-refractivity contribution is 5.78. The number of piperidine rings is 1. The first-order valence-electron chi connectivity index (χ1n) is 19.0. The summed E-state index contributed by atoms with van der Waals surface area (Å²) in [6, 6.07) is 32.1. The molecule has 0 aromatic heterocycles. The molecule has 0 saturated carbocycles. The largest absolute Gasteiger partial charge is 0.493 e. The van der Waals surface area contributed by atoms with Crippen LogP contribution in [0.5, 0.6) is 23.0 Å². The lowest BCUT2D eigenvalue weighted by Gasteiger charge is -2.50. The third kappa shape index (κ3) is 8.25. The summed E-state index contributed by atoms with van der Waals surface area (Å²) in [4.78, 5) is 15.9. The van der Waals surface area contributed by atoms with Crippen molar-refractivity contribution in [2.45, 2.75) is 81.6 Å². The van der Waals surface area contributed by atoms with E-state index in [1.54, 1.807) is 28.4 Å². The van der Waals surface area contributed by atoms with Crippen LogP contribution < -0.4 is 24.3 Å². The number of amides is 1. The van der Waals surface area contributed by atoms with Crippen LogP contribution in [0.2, 0.25) is 0 Å². The molecule has 0 bridgehead atoms. The first-order valence-corrected chi connectivity index (χ1v) is 19.0. The predicted molar refractivity (Wildman–Crippen MR) is 208 cm³/mol. The van der Waals surface area contributed by atoms with Crippen LogP contribution in [0.25, 0.3) is 0 Å². The Morgan fingerprint density at radius 1 is 0.712 bits per heavy atom. The van der Waals surface area contributed by atoms with E-state index < -0.39 is 0 Å². The smallest absolute Gasteiger partial charge is 0.224 e. The predicted octanol–water partition coefficient (Wildman–Crippen LogP) is 8.34. The Labute approximate surface area is 310 Å². The third-order valence-electron chi connectivity index (χ3n) is 11.7. The van der Waals surface area contributed by atoms with E-state index in [-0.39, 0.29) is 16.9 Å². The van der Waals surface area contributed by atoms with Gasteiger partial charge in [0.25, 0.3) is 0 Å². The molecule has 1 amide bonds. The highest BCUT2D eigenvalue weighted by Crippen LogP contribution is 2.45. The minimum Gasteiger partial charge on any atom is -0.493 e. The number of rotatable bonds is 16. The second kappa shape index (κ2) is 17.4. The number of aryl methyl sites for hydroxylation is 1. The first-order chi connectivity index (χ1) is 25.4. The van der Waals surface area contributed by atoms with Gasteiger partial charge in [0.2, 0.25) is 5.91 Å². The van der Waals surface area contributed by atoms with E-state index in [4.69, 9.17) is 18.9 Å². The van der Waals surface area contributed by atoms with E-state index in [0.29, 0.717) is 24.5 Å². The fourth-order valence-electron chi connectivity index (χ4n) is 8.97. The molecule has 1 fully saturated rings. The molecule has 276 valence electrons. The zero-order valence-electron chi connectivity index (χ0n) is 31.5. The maximum atomic E-state index is 13.1. The lowest BCUT2D eigenvalue weighted by atomic mass is 9.68. The van der Waals surface area contributed by atoms with Gasteiger partial charge in [-0.15, -0.1) is 0 Å². The number of fused-ring (bicyclic) bond motifs is 1. The summed E-state index contributed by atoms with van der Waals surface area (Å²) in [5.41, 5.74) is 6.42. The Kier molecular flexibility index (Phi) is 12.4. The highest BCUT2D eigenvalue weighted by Gasteiger charge is 2.42. The molecule has 1 unspecified atom stereocenters. The number of hydrogen-bond acceptors (Lipinski definition) is 6. The van der Waals surface area contributed by atoms with E-state index in [9.17, 15) is 4.79 Å². The van der Waals surface area contributed by atoms with Crippen LogP contribution in [0.4, 0.5) is 0 Å². The molecule has 1 heterocycles. The molecule has 7 nitrogen and oxygen atoms in total. The van der Waals surface area contributed by atoms with Gasteiger partial charge in [0.1, 0.15) is 0 Å². The van der Waals surface area contributed by atoms with Crippen molar-refractivity contribution in [2.24, 2.45) is 0 Å². The number of carbonyl (C=O) groups is 1. The van der Waals surface area contributed by atoms with Gasteiger partial charge < -0.3 is 24.3 Å². The van der Waals surface area contributed by atoms with Crippen molar-refractivity contribution >= 4 is 5.91 Å². The first kappa shape index (κ1) is 37.3. The Morgan fingerprint density at radius 3 is 1.98 bits per heavy atom. The van der Waals surface area contributed by atoms with Crippen LogP contribution in [0.3, 0.4) is 0 Å². The number of hydrogen-bond donors (Lipinski definition) is 1. The van der Waals surface area contributed by atoms with Crippen molar-refractivity contribution in [2.75, 3.05) is 48.1 Å². The lowest BCUT2D eigenvalue weighted by molar-refractivity contribution is -0.120. The SMILES string of the molecule is COc1ccc(CC(=O)NCCCC(CCCN2CCCCC23CCc2cc(OC)c(OC)cc2C3)(c2ccccc2)c2ccccc2)cc1OC. The summed E-state index contributed by atoms with van der Waals surface area (Å²) < 4.78 is 22.2. The number of carbonyl (C=O) groups excluding carboxylic acids is 1. The van der Waals surface area contributed by atoms with Crippen molar-refractivity contribution in [3.05, 3.63) is 119 Å². The highest BCUT2D eigenvalue weighted by atomic mass is 16.5. The Balaban J connectivity index is 1.16. The number of nitrogens with zero attached hydrogens (tertiary/aromatic N) is 1. The average Bonchev–Trinajstić information content (AvgIpc) is 3.19. The summed E-state index contributed by atoms with van der Waals surface area (Å²) in [6.07, 6.45) is 11.3.